The molecule has 2 fully saturated rings. The first-order valence-corrected chi connectivity index (χ1v) is 16.4. The summed E-state index contributed by atoms with van der Waals surface area (Å²) in [4.78, 5) is 23.0. The predicted octanol–water partition coefficient (Wildman–Crippen LogP) is 4.09. The lowest BCUT2D eigenvalue weighted by Crippen LogP contribution is -2.66. The van der Waals surface area contributed by atoms with Crippen LogP contribution in [0.5, 0.6) is 0 Å². The molecule has 4 atom stereocenters. The Kier molecular flexibility index (Phi) is 10.6. The van der Waals surface area contributed by atoms with E-state index in [0.29, 0.717) is 6.61 Å². The van der Waals surface area contributed by atoms with Crippen LogP contribution in [0.4, 0.5) is 0 Å². The normalized spacial score (nSPS) is 28.7. The molecular weight excluding hydrogens is 471 g/mol. The number of ketones is 1. The number of carbonyl (C=O) groups is 2. The van der Waals surface area contributed by atoms with Crippen molar-refractivity contribution in [3.8, 4) is 0 Å². The van der Waals surface area contributed by atoms with E-state index in [1.165, 1.54) is 6.92 Å². The summed E-state index contributed by atoms with van der Waals surface area (Å²) in [7, 11) is 0.788. The summed E-state index contributed by atoms with van der Waals surface area (Å²) in [5, 5.41) is 0. The smallest absolute Gasteiger partial charge is 0.335 e. The van der Waals surface area contributed by atoms with Crippen LogP contribution < -0.4 is 0 Å². The molecule has 0 aromatic heterocycles. The summed E-state index contributed by atoms with van der Waals surface area (Å²) < 4.78 is 37.9. The minimum atomic E-state index is -2.85. The molecule has 0 N–H and O–H groups in total. The molecule has 2 aliphatic rings. The molecule has 0 bridgehead atoms. The molecule has 11 heteroatoms. The van der Waals surface area contributed by atoms with Crippen LogP contribution in [0.2, 0.25) is 22.2 Å². The van der Waals surface area contributed by atoms with E-state index in [1.807, 2.05) is 0 Å². The second-order valence-corrected chi connectivity index (χ2v) is 19.5. The van der Waals surface area contributed by atoms with Crippen LogP contribution in [0.25, 0.3) is 0 Å². The van der Waals surface area contributed by atoms with Crippen molar-refractivity contribution in [2.45, 2.75) is 122 Å². The molecule has 0 amide bonds. The van der Waals surface area contributed by atoms with Crippen LogP contribution in [0.15, 0.2) is 0 Å². The highest BCUT2D eigenvalue weighted by molar-refractivity contribution is 6.84. The minimum Gasteiger partial charge on any atom is -0.438 e. The number of esters is 1. The Morgan fingerprint density at radius 2 is 1.50 bits per heavy atom. The van der Waals surface area contributed by atoms with Crippen molar-refractivity contribution < 1.29 is 36.8 Å². The van der Waals surface area contributed by atoms with E-state index in [-0.39, 0.29) is 47.6 Å². The van der Waals surface area contributed by atoms with Gasteiger partial charge in [-0.25, -0.2) is 0 Å². The van der Waals surface area contributed by atoms with Gasteiger partial charge in [0, 0.05) is 12.4 Å². The second-order valence-electron chi connectivity index (χ2n) is 10.7. The van der Waals surface area contributed by atoms with Crippen LogP contribution in [0.1, 0.15) is 75.2 Å². The standard InChI is InChI=1S/C23H43BO8Si2/c1-14(2)33(15(3)4)29-12-19-21(31-34(32-33,16(5)6)17(7)8)22(23(24)30-19)28-13-27-20(26)11-10-18(9)25/h14-17,19,21-23H,10-13H2,1-9H3. The number of fused-ring (bicyclic) bond motifs is 1. The maximum Gasteiger partial charge on any atom is 0.335 e. The maximum absolute atomic E-state index is 11.9. The van der Waals surface area contributed by atoms with Crippen LogP contribution in [0, 0.1) is 0 Å². The Hall–Kier alpha value is -0.561. The predicted molar refractivity (Wildman–Crippen MR) is 134 cm³/mol. The van der Waals surface area contributed by atoms with Crippen LogP contribution in [-0.4, -0.2) is 74.4 Å². The van der Waals surface area contributed by atoms with Gasteiger partial charge in [-0.15, -0.1) is 0 Å². The van der Waals surface area contributed by atoms with Crippen molar-refractivity contribution in [3.05, 3.63) is 0 Å². The Bertz CT molecular complexity index is 686. The molecule has 0 saturated carbocycles. The van der Waals surface area contributed by atoms with E-state index in [9.17, 15) is 9.59 Å². The Morgan fingerprint density at radius 1 is 0.941 bits per heavy atom. The molecule has 0 aliphatic carbocycles. The lowest BCUT2D eigenvalue weighted by Gasteiger charge is -2.51. The van der Waals surface area contributed by atoms with Gasteiger partial charge in [0.05, 0.1) is 13.0 Å². The van der Waals surface area contributed by atoms with Gasteiger partial charge in [0.25, 0.3) is 0 Å². The molecule has 2 aliphatic heterocycles. The highest BCUT2D eigenvalue weighted by Gasteiger charge is 2.61. The second kappa shape index (κ2) is 12.1. The highest BCUT2D eigenvalue weighted by Crippen LogP contribution is 2.47. The van der Waals surface area contributed by atoms with Crippen molar-refractivity contribution in [2.75, 3.05) is 13.4 Å². The van der Waals surface area contributed by atoms with Gasteiger partial charge < -0.3 is 32.0 Å². The zero-order valence-electron chi connectivity index (χ0n) is 22.3. The molecule has 2 radical (unpaired) electrons. The first kappa shape index (κ1) is 29.7. The van der Waals surface area contributed by atoms with Crippen molar-refractivity contribution in [1.82, 2.24) is 0 Å². The Morgan fingerprint density at radius 3 is 2.00 bits per heavy atom. The van der Waals surface area contributed by atoms with Gasteiger partial charge in [-0.3, -0.25) is 4.79 Å². The molecule has 194 valence electrons. The topological polar surface area (TPSA) is 89.5 Å². The Labute approximate surface area is 208 Å². The van der Waals surface area contributed by atoms with Crippen molar-refractivity contribution in [3.63, 3.8) is 0 Å². The average molecular weight is 515 g/mol. The van der Waals surface area contributed by atoms with E-state index in [1.54, 1.807) is 0 Å². The van der Waals surface area contributed by atoms with Crippen molar-refractivity contribution in [1.29, 1.82) is 0 Å². The van der Waals surface area contributed by atoms with Crippen molar-refractivity contribution >= 4 is 36.7 Å². The number of hydrogen-bond acceptors (Lipinski definition) is 8. The molecule has 2 rings (SSSR count). The van der Waals surface area contributed by atoms with E-state index in [2.05, 4.69) is 55.4 Å². The van der Waals surface area contributed by atoms with Crippen molar-refractivity contribution in [2.24, 2.45) is 0 Å². The van der Waals surface area contributed by atoms with Gasteiger partial charge in [0.2, 0.25) is 0 Å². The monoisotopic (exact) mass is 514 g/mol. The lowest BCUT2D eigenvalue weighted by atomic mass is 9.93. The number of hydrogen-bond donors (Lipinski definition) is 0. The summed E-state index contributed by atoms with van der Waals surface area (Å²) >= 11 is 0. The van der Waals surface area contributed by atoms with Crippen LogP contribution in [0.3, 0.4) is 0 Å². The summed E-state index contributed by atoms with van der Waals surface area (Å²) in [5.41, 5.74) is 0.768. The fourth-order valence-corrected chi connectivity index (χ4v) is 16.1. The van der Waals surface area contributed by atoms with E-state index >= 15 is 0 Å². The maximum atomic E-state index is 11.9. The van der Waals surface area contributed by atoms with Gasteiger partial charge in [0.15, 0.2) is 6.79 Å². The summed E-state index contributed by atoms with van der Waals surface area (Å²) in [6, 6.07) is -0.757. The largest absolute Gasteiger partial charge is 0.438 e. The van der Waals surface area contributed by atoms with E-state index < -0.39 is 47.4 Å². The fraction of sp³-hybridized carbons (Fsp3) is 0.913. The SMILES string of the molecule is [B]C1OC2CO[Si](C(C)C)(C(C)C)O[Si](C(C)C)(C(C)C)OC2C1OCOC(=O)CCC(C)=O. The third kappa shape index (κ3) is 6.40. The van der Waals surface area contributed by atoms with Gasteiger partial charge in [-0.1, -0.05) is 55.4 Å². The van der Waals surface area contributed by atoms with Crippen LogP contribution >= 0.6 is 0 Å². The number of carbonyl (C=O) groups excluding carboxylic acids is 2. The summed E-state index contributed by atoms with van der Waals surface area (Å²) in [5.74, 6) is -0.567. The van der Waals surface area contributed by atoms with Crippen LogP contribution in [-0.2, 0) is 36.8 Å². The zero-order valence-corrected chi connectivity index (χ0v) is 24.3. The highest BCUT2D eigenvalue weighted by atomic mass is 28.5. The van der Waals surface area contributed by atoms with E-state index in [4.69, 9.17) is 35.0 Å². The number of ether oxygens (including phenoxy) is 3. The number of Topliss-reactive ketones (excluding diaryl/α,β-unsaturated/α-hetero) is 1. The quantitative estimate of drug-likeness (QED) is 0.245. The molecule has 2 saturated heterocycles. The lowest BCUT2D eigenvalue weighted by molar-refractivity contribution is -0.166. The molecule has 4 unspecified atom stereocenters. The molecule has 34 heavy (non-hydrogen) atoms. The van der Waals surface area contributed by atoms with Gasteiger partial charge >= 0.3 is 23.1 Å². The van der Waals surface area contributed by atoms with Gasteiger partial charge in [-0.05, 0) is 29.1 Å². The molecule has 0 spiro atoms. The molecule has 8 nitrogen and oxygen atoms in total. The first-order chi connectivity index (χ1) is 15.8. The minimum absolute atomic E-state index is 0.0178. The average Bonchev–Trinajstić information content (AvgIpc) is 2.99. The van der Waals surface area contributed by atoms with Gasteiger partial charge in [-0.2, -0.15) is 0 Å². The zero-order chi connectivity index (χ0) is 25.8. The molecular formula is C23H43BO8Si2. The third-order valence-electron chi connectivity index (χ3n) is 6.84. The molecule has 0 aromatic rings. The molecule has 2 heterocycles. The summed E-state index contributed by atoms with van der Waals surface area (Å²) in [6.07, 6.45) is -1.40. The third-order valence-corrected chi connectivity index (χ3v) is 17.1. The molecule has 0 aromatic carbocycles. The Balaban J connectivity index is 2.28. The number of rotatable bonds is 10. The first-order valence-electron chi connectivity index (χ1n) is 12.5. The van der Waals surface area contributed by atoms with E-state index in [0.717, 1.165) is 0 Å². The van der Waals surface area contributed by atoms with Gasteiger partial charge in [0.1, 0.15) is 31.9 Å². The summed E-state index contributed by atoms with van der Waals surface area (Å²) in [6.45, 7) is 18.7. The fourth-order valence-electron chi connectivity index (χ4n) is 4.89.